The smallest absolute Gasteiger partial charge is 0.344 e. The van der Waals surface area contributed by atoms with Gasteiger partial charge < -0.3 is 9.47 Å². The average Bonchev–Trinajstić information content (AvgIpc) is 2.24. The summed E-state index contributed by atoms with van der Waals surface area (Å²) in [5, 5.41) is 0. The number of hydrogen-bond donors (Lipinski definition) is 0. The second-order valence-electron chi connectivity index (χ2n) is 6.51. The first-order valence-electron chi connectivity index (χ1n) is 7.06. The van der Waals surface area contributed by atoms with Crippen LogP contribution in [0.15, 0.2) is 12.1 Å². The number of benzene rings is 1. The van der Waals surface area contributed by atoms with E-state index in [1.807, 2.05) is 34.6 Å². The summed E-state index contributed by atoms with van der Waals surface area (Å²) in [5.74, 6) is 0.914. The minimum Gasteiger partial charge on any atom is -0.481 e. The van der Waals surface area contributed by atoms with Crippen molar-refractivity contribution in [3.8, 4) is 5.75 Å². The molecule has 0 aromatic heterocycles. The van der Waals surface area contributed by atoms with Crippen LogP contribution < -0.4 is 4.74 Å². The van der Waals surface area contributed by atoms with Crippen LogP contribution in [0.2, 0.25) is 0 Å². The maximum Gasteiger partial charge on any atom is 0.344 e. The number of carbonyl (C=O) groups excluding carboxylic acids is 1. The maximum atomic E-state index is 11.7. The van der Waals surface area contributed by atoms with Crippen molar-refractivity contribution in [2.24, 2.45) is 0 Å². The first kappa shape index (κ1) is 16.5. The Morgan fingerprint density at radius 2 is 1.65 bits per heavy atom. The highest BCUT2D eigenvalue weighted by molar-refractivity contribution is 5.71. The van der Waals surface area contributed by atoms with E-state index in [2.05, 4.69) is 26.0 Å². The SMILES string of the molecule is Cc1cc(C(C)C)cc(C)c1OCC(=O)OC(C)(C)C. The number of ether oxygens (including phenoxy) is 2. The molecule has 0 saturated carbocycles. The number of esters is 1. The monoisotopic (exact) mass is 278 g/mol. The third kappa shape index (κ3) is 4.87. The van der Waals surface area contributed by atoms with Crippen LogP contribution in [0.4, 0.5) is 0 Å². The van der Waals surface area contributed by atoms with E-state index in [1.165, 1.54) is 5.56 Å². The molecule has 0 bridgehead atoms. The van der Waals surface area contributed by atoms with Crippen LogP contribution in [0.3, 0.4) is 0 Å². The second-order valence-corrected chi connectivity index (χ2v) is 6.51. The van der Waals surface area contributed by atoms with Gasteiger partial charge in [-0.1, -0.05) is 26.0 Å². The summed E-state index contributed by atoms with van der Waals surface area (Å²) in [7, 11) is 0. The van der Waals surface area contributed by atoms with E-state index < -0.39 is 5.60 Å². The van der Waals surface area contributed by atoms with E-state index in [4.69, 9.17) is 9.47 Å². The molecule has 1 rings (SSSR count). The Kier molecular flexibility index (Phi) is 5.21. The molecular weight excluding hydrogens is 252 g/mol. The predicted molar refractivity (Wildman–Crippen MR) is 81.3 cm³/mol. The zero-order valence-electron chi connectivity index (χ0n) is 13.7. The van der Waals surface area contributed by atoms with Crippen molar-refractivity contribution in [1.82, 2.24) is 0 Å². The van der Waals surface area contributed by atoms with Gasteiger partial charge in [-0.05, 0) is 57.2 Å². The largest absolute Gasteiger partial charge is 0.481 e. The fourth-order valence-corrected chi connectivity index (χ4v) is 2.05. The molecule has 0 amide bonds. The first-order valence-corrected chi connectivity index (χ1v) is 7.06. The molecule has 3 nitrogen and oxygen atoms in total. The van der Waals surface area contributed by atoms with Crippen molar-refractivity contribution in [1.29, 1.82) is 0 Å². The summed E-state index contributed by atoms with van der Waals surface area (Å²) in [5.41, 5.74) is 2.91. The third-order valence-corrected chi connectivity index (χ3v) is 2.90. The number of aryl methyl sites for hydroxylation is 2. The van der Waals surface area contributed by atoms with Gasteiger partial charge in [0.05, 0.1) is 0 Å². The molecule has 0 N–H and O–H groups in total. The van der Waals surface area contributed by atoms with Gasteiger partial charge in [-0.3, -0.25) is 0 Å². The number of carbonyl (C=O) groups is 1. The summed E-state index contributed by atoms with van der Waals surface area (Å²) >= 11 is 0. The summed E-state index contributed by atoms with van der Waals surface area (Å²) < 4.78 is 10.9. The van der Waals surface area contributed by atoms with Crippen LogP contribution in [-0.2, 0) is 9.53 Å². The van der Waals surface area contributed by atoms with Gasteiger partial charge in [-0.25, -0.2) is 4.79 Å². The molecular formula is C17H26O3. The van der Waals surface area contributed by atoms with Crippen molar-refractivity contribution in [2.45, 2.75) is 60.0 Å². The van der Waals surface area contributed by atoms with Crippen LogP contribution in [0.25, 0.3) is 0 Å². The molecule has 1 aromatic rings. The zero-order chi connectivity index (χ0) is 15.5. The van der Waals surface area contributed by atoms with Crippen molar-refractivity contribution in [3.63, 3.8) is 0 Å². The molecule has 1 aromatic carbocycles. The second kappa shape index (κ2) is 6.29. The normalized spacial score (nSPS) is 11.6. The topological polar surface area (TPSA) is 35.5 Å². The Hall–Kier alpha value is -1.51. The molecule has 0 spiro atoms. The molecule has 20 heavy (non-hydrogen) atoms. The Labute approximate surface area is 122 Å². The highest BCUT2D eigenvalue weighted by Crippen LogP contribution is 2.28. The van der Waals surface area contributed by atoms with Crippen molar-refractivity contribution in [3.05, 3.63) is 28.8 Å². The van der Waals surface area contributed by atoms with Crippen LogP contribution >= 0.6 is 0 Å². The molecule has 0 unspecified atom stereocenters. The van der Waals surface area contributed by atoms with Gasteiger partial charge in [0.15, 0.2) is 6.61 Å². The molecule has 0 aliphatic heterocycles. The average molecular weight is 278 g/mol. The zero-order valence-corrected chi connectivity index (χ0v) is 13.7. The molecule has 112 valence electrons. The van der Waals surface area contributed by atoms with E-state index in [1.54, 1.807) is 0 Å². The van der Waals surface area contributed by atoms with E-state index in [0.29, 0.717) is 5.92 Å². The Morgan fingerprint density at radius 3 is 2.05 bits per heavy atom. The van der Waals surface area contributed by atoms with E-state index >= 15 is 0 Å². The first-order chi connectivity index (χ1) is 9.10. The van der Waals surface area contributed by atoms with Crippen LogP contribution in [0.5, 0.6) is 5.75 Å². The number of rotatable bonds is 4. The Morgan fingerprint density at radius 1 is 1.15 bits per heavy atom. The van der Waals surface area contributed by atoms with E-state index in [0.717, 1.165) is 16.9 Å². The Bertz CT molecular complexity index is 458. The minimum atomic E-state index is -0.480. The fourth-order valence-electron chi connectivity index (χ4n) is 2.05. The van der Waals surface area contributed by atoms with Gasteiger partial charge in [-0.2, -0.15) is 0 Å². The summed E-state index contributed by atoms with van der Waals surface area (Å²) in [6.07, 6.45) is 0. The number of hydrogen-bond acceptors (Lipinski definition) is 3. The lowest BCUT2D eigenvalue weighted by molar-refractivity contribution is -0.157. The summed E-state index contributed by atoms with van der Waals surface area (Å²) in [6.45, 7) is 13.8. The fraction of sp³-hybridized carbons (Fsp3) is 0.588. The molecule has 0 aliphatic rings. The van der Waals surface area contributed by atoms with Crippen LogP contribution in [0.1, 0.15) is 57.2 Å². The molecule has 3 heteroatoms. The summed E-state index contributed by atoms with van der Waals surface area (Å²) in [4.78, 5) is 11.7. The third-order valence-electron chi connectivity index (χ3n) is 2.90. The van der Waals surface area contributed by atoms with E-state index in [9.17, 15) is 4.79 Å². The van der Waals surface area contributed by atoms with Crippen LogP contribution in [0, 0.1) is 13.8 Å². The van der Waals surface area contributed by atoms with Gasteiger partial charge in [-0.15, -0.1) is 0 Å². The molecule has 0 aliphatic carbocycles. The van der Waals surface area contributed by atoms with E-state index in [-0.39, 0.29) is 12.6 Å². The lowest BCUT2D eigenvalue weighted by atomic mass is 9.98. The van der Waals surface area contributed by atoms with Gasteiger partial charge >= 0.3 is 5.97 Å². The predicted octanol–water partition coefficient (Wildman–Crippen LogP) is 4.15. The van der Waals surface area contributed by atoms with Gasteiger partial charge in [0.1, 0.15) is 11.4 Å². The van der Waals surface area contributed by atoms with Gasteiger partial charge in [0.25, 0.3) is 0 Å². The molecule has 0 fully saturated rings. The highest BCUT2D eigenvalue weighted by atomic mass is 16.6. The van der Waals surface area contributed by atoms with Gasteiger partial charge in [0, 0.05) is 0 Å². The van der Waals surface area contributed by atoms with Crippen molar-refractivity contribution >= 4 is 5.97 Å². The molecule has 0 radical (unpaired) electrons. The van der Waals surface area contributed by atoms with Gasteiger partial charge in [0.2, 0.25) is 0 Å². The highest BCUT2D eigenvalue weighted by Gasteiger charge is 2.17. The minimum absolute atomic E-state index is 0.0556. The lowest BCUT2D eigenvalue weighted by Crippen LogP contribution is -2.27. The lowest BCUT2D eigenvalue weighted by Gasteiger charge is -2.20. The Balaban J connectivity index is 2.77. The molecule has 0 atom stereocenters. The maximum absolute atomic E-state index is 11.7. The molecule has 0 saturated heterocycles. The standard InChI is InChI=1S/C17H26O3/c1-11(2)14-8-12(3)16(13(4)9-14)19-10-15(18)20-17(5,6)7/h8-9,11H,10H2,1-7H3. The van der Waals surface area contributed by atoms with Crippen molar-refractivity contribution in [2.75, 3.05) is 6.61 Å². The van der Waals surface area contributed by atoms with Crippen molar-refractivity contribution < 1.29 is 14.3 Å². The summed E-state index contributed by atoms with van der Waals surface area (Å²) in [6, 6.07) is 4.23. The van der Waals surface area contributed by atoms with Crippen LogP contribution in [-0.4, -0.2) is 18.2 Å². The quantitative estimate of drug-likeness (QED) is 0.776. The molecule has 0 heterocycles.